The molecule has 3 N–H and O–H groups in total. The Balaban J connectivity index is 2.36. The van der Waals surface area contributed by atoms with Gasteiger partial charge in [0.1, 0.15) is 6.04 Å². The molecule has 0 unspecified atom stereocenters. The van der Waals surface area contributed by atoms with Crippen LogP contribution < -0.4 is 5.73 Å². The number of aliphatic carboxylic acids is 1. The maximum absolute atomic E-state index is 10.2. The third-order valence-electron chi connectivity index (χ3n) is 1.92. The van der Waals surface area contributed by atoms with Crippen LogP contribution in [0.25, 0.3) is 0 Å². The molecule has 9 heavy (non-hydrogen) atoms. The van der Waals surface area contributed by atoms with Crippen LogP contribution in [0, 0.1) is 11.8 Å². The Kier molecular flexibility index (Phi) is 1.45. The maximum atomic E-state index is 10.2. The molecular formula is C6H11NO2. The van der Waals surface area contributed by atoms with Crippen molar-refractivity contribution in [3.8, 4) is 0 Å². The summed E-state index contributed by atoms with van der Waals surface area (Å²) in [5, 5.41) is 8.39. The summed E-state index contributed by atoms with van der Waals surface area (Å²) in [5.41, 5.74) is 5.31. The number of hydrogen-bond donors (Lipinski definition) is 2. The summed E-state index contributed by atoms with van der Waals surface area (Å²) < 4.78 is 0. The number of carbonyl (C=O) groups is 1. The quantitative estimate of drug-likeness (QED) is 0.554. The maximum Gasteiger partial charge on any atom is 0.320 e. The molecule has 3 nitrogen and oxygen atoms in total. The van der Waals surface area contributed by atoms with Crippen molar-refractivity contribution in [2.24, 2.45) is 17.6 Å². The van der Waals surface area contributed by atoms with E-state index in [9.17, 15) is 4.79 Å². The van der Waals surface area contributed by atoms with Crippen LogP contribution >= 0.6 is 0 Å². The Morgan fingerprint density at radius 1 is 1.89 bits per heavy atom. The normalized spacial score (nSPS) is 35.8. The SMILES string of the molecule is C[C@@H]1C[C@H]1[C@@H](N)C(=O)O. The van der Waals surface area contributed by atoms with Gasteiger partial charge in [0.15, 0.2) is 0 Å². The van der Waals surface area contributed by atoms with Crippen molar-refractivity contribution in [2.75, 3.05) is 0 Å². The van der Waals surface area contributed by atoms with Crippen LogP contribution in [0.2, 0.25) is 0 Å². The second-order valence-corrected chi connectivity index (χ2v) is 2.74. The molecule has 0 radical (unpaired) electrons. The number of rotatable bonds is 2. The molecule has 3 atom stereocenters. The molecule has 3 heteroatoms. The van der Waals surface area contributed by atoms with E-state index in [0.717, 1.165) is 6.42 Å². The molecular weight excluding hydrogens is 118 g/mol. The van der Waals surface area contributed by atoms with Crippen LogP contribution in [0.1, 0.15) is 13.3 Å². The fourth-order valence-electron chi connectivity index (χ4n) is 1.03. The minimum absolute atomic E-state index is 0.238. The monoisotopic (exact) mass is 129 g/mol. The standard InChI is InChI=1S/C6H11NO2/c1-3-2-4(3)5(7)6(8)9/h3-5H,2,7H2,1H3,(H,8,9)/t3-,4-,5-/m1/s1. The molecule has 1 rings (SSSR count). The molecule has 0 bridgehead atoms. The van der Waals surface area contributed by atoms with Gasteiger partial charge in [-0.1, -0.05) is 6.92 Å². The van der Waals surface area contributed by atoms with E-state index >= 15 is 0 Å². The predicted molar refractivity (Wildman–Crippen MR) is 32.9 cm³/mol. The highest BCUT2D eigenvalue weighted by molar-refractivity contribution is 5.74. The number of hydrogen-bond acceptors (Lipinski definition) is 2. The summed E-state index contributed by atoms with van der Waals surface area (Å²) >= 11 is 0. The molecule has 0 aliphatic heterocycles. The van der Waals surface area contributed by atoms with E-state index in [2.05, 4.69) is 0 Å². The molecule has 0 heterocycles. The van der Waals surface area contributed by atoms with E-state index in [1.807, 2.05) is 6.92 Å². The van der Waals surface area contributed by atoms with Gasteiger partial charge >= 0.3 is 5.97 Å². The van der Waals surface area contributed by atoms with Crippen molar-refractivity contribution in [1.82, 2.24) is 0 Å². The average molecular weight is 129 g/mol. The lowest BCUT2D eigenvalue weighted by molar-refractivity contribution is -0.139. The first kappa shape index (κ1) is 6.55. The summed E-state index contributed by atoms with van der Waals surface area (Å²) in [7, 11) is 0. The Morgan fingerprint density at radius 2 is 2.33 bits per heavy atom. The van der Waals surface area contributed by atoms with Crippen LogP contribution in [-0.2, 0) is 4.79 Å². The topological polar surface area (TPSA) is 63.3 Å². The van der Waals surface area contributed by atoms with E-state index in [-0.39, 0.29) is 5.92 Å². The zero-order chi connectivity index (χ0) is 7.02. The zero-order valence-corrected chi connectivity index (χ0v) is 5.37. The predicted octanol–water partition coefficient (Wildman–Crippen LogP) is 0.0543. The first-order valence-electron chi connectivity index (χ1n) is 3.11. The van der Waals surface area contributed by atoms with E-state index in [4.69, 9.17) is 10.8 Å². The van der Waals surface area contributed by atoms with Crippen molar-refractivity contribution in [3.63, 3.8) is 0 Å². The molecule has 1 saturated carbocycles. The summed E-state index contributed by atoms with van der Waals surface area (Å²) in [6.07, 6.45) is 0.980. The van der Waals surface area contributed by atoms with Crippen molar-refractivity contribution < 1.29 is 9.90 Å². The first-order chi connectivity index (χ1) is 4.13. The summed E-state index contributed by atoms with van der Waals surface area (Å²) in [5.74, 6) is -0.108. The van der Waals surface area contributed by atoms with Gasteiger partial charge < -0.3 is 10.8 Å². The molecule has 0 spiro atoms. The highest BCUT2D eigenvalue weighted by Gasteiger charge is 2.40. The highest BCUT2D eigenvalue weighted by Crippen LogP contribution is 2.39. The average Bonchev–Trinajstić information content (AvgIpc) is 2.44. The zero-order valence-electron chi connectivity index (χ0n) is 5.37. The van der Waals surface area contributed by atoms with Gasteiger partial charge in [-0.25, -0.2) is 0 Å². The molecule has 0 saturated heterocycles. The second kappa shape index (κ2) is 1.99. The Morgan fingerprint density at radius 3 is 2.44 bits per heavy atom. The lowest BCUT2D eigenvalue weighted by Crippen LogP contribution is -2.32. The lowest BCUT2D eigenvalue weighted by atomic mass is 10.2. The minimum Gasteiger partial charge on any atom is -0.480 e. The fraction of sp³-hybridized carbons (Fsp3) is 0.833. The highest BCUT2D eigenvalue weighted by atomic mass is 16.4. The number of nitrogens with two attached hydrogens (primary N) is 1. The van der Waals surface area contributed by atoms with Crippen LogP contribution in [0.15, 0.2) is 0 Å². The summed E-state index contributed by atoms with van der Waals surface area (Å²) in [4.78, 5) is 10.2. The summed E-state index contributed by atoms with van der Waals surface area (Å²) in [6.45, 7) is 2.02. The van der Waals surface area contributed by atoms with Gasteiger partial charge in [0.2, 0.25) is 0 Å². The Hall–Kier alpha value is -0.570. The molecule has 52 valence electrons. The van der Waals surface area contributed by atoms with Crippen LogP contribution in [-0.4, -0.2) is 17.1 Å². The van der Waals surface area contributed by atoms with E-state index < -0.39 is 12.0 Å². The van der Waals surface area contributed by atoms with Gasteiger partial charge in [0.05, 0.1) is 0 Å². The Labute approximate surface area is 53.9 Å². The van der Waals surface area contributed by atoms with Crippen molar-refractivity contribution in [3.05, 3.63) is 0 Å². The van der Waals surface area contributed by atoms with Gasteiger partial charge in [-0.3, -0.25) is 4.79 Å². The minimum atomic E-state index is -0.871. The second-order valence-electron chi connectivity index (χ2n) is 2.74. The third-order valence-corrected chi connectivity index (χ3v) is 1.92. The van der Waals surface area contributed by atoms with Crippen molar-refractivity contribution >= 4 is 5.97 Å². The van der Waals surface area contributed by atoms with E-state index in [1.54, 1.807) is 0 Å². The van der Waals surface area contributed by atoms with Gasteiger partial charge in [-0.2, -0.15) is 0 Å². The van der Waals surface area contributed by atoms with Crippen molar-refractivity contribution in [1.29, 1.82) is 0 Å². The smallest absolute Gasteiger partial charge is 0.320 e. The summed E-state index contributed by atoms with van der Waals surface area (Å²) in [6, 6.07) is -0.625. The molecule has 1 aliphatic carbocycles. The van der Waals surface area contributed by atoms with Crippen LogP contribution in [0.3, 0.4) is 0 Å². The molecule has 0 aromatic rings. The largest absolute Gasteiger partial charge is 0.480 e. The number of carboxylic acids is 1. The molecule has 0 amide bonds. The number of carboxylic acid groups (broad SMARTS) is 1. The van der Waals surface area contributed by atoms with Gasteiger partial charge in [0.25, 0.3) is 0 Å². The van der Waals surface area contributed by atoms with Crippen molar-refractivity contribution in [2.45, 2.75) is 19.4 Å². The van der Waals surface area contributed by atoms with Crippen LogP contribution in [0.4, 0.5) is 0 Å². The molecule has 1 fully saturated rings. The third kappa shape index (κ3) is 1.21. The first-order valence-corrected chi connectivity index (χ1v) is 3.11. The van der Waals surface area contributed by atoms with Gasteiger partial charge in [0, 0.05) is 0 Å². The molecule has 1 aliphatic rings. The molecule has 0 aromatic heterocycles. The fourth-order valence-corrected chi connectivity index (χ4v) is 1.03. The molecule has 0 aromatic carbocycles. The van der Waals surface area contributed by atoms with E-state index in [1.165, 1.54) is 0 Å². The van der Waals surface area contributed by atoms with Crippen LogP contribution in [0.5, 0.6) is 0 Å². The van der Waals surface area contributed by atoms with Gasteiger partial charge in [-0.15, -0.1) is 0 Å². The van der Waals surface area contributed by atoms with E-state index in [0.29, 0.717) is 5.92 Å². The lowest BCUT2D eigenvalue weighted by Gasteiger charge is -2.01. The Bertz CT molecular complexity index is 135. The van der Waals surface area contributed by atoms with Gasteiger partial charge in [-0.05, 0) is 18.3 Å².